The Bertz CT molecular complexity index is 701. The van der Waals surface area contributed by atoms with Gasteiger partial charge in [0.1, 0.15) is 18.1 Å². The van der Waals surface area contributed by atoms with Gasteiger partial charge in [-0.1, -0.05) is 18.2 Å². The van der Waals surface area contributed by atoms with Gasteiger partial charge in [0.25, 0.3) is 0 Å². The van der Waals surface area contributed by atoms with Gasteiger partial charge in [0.2, 0.25) is 0 Å². The Labute approximate surface area is 154 Å². The summed E-state index contributed by atoms with van der Waals surface area (Å²) < 4.78 is 15.8. The summed E-state index contributed by atoms with van der Waals surface area (Å²) in [6.45, 7) is 3.42. The number of hydrogen-bond acceptors (Lipinski definition) is 4. The molecule has 2 N–H and O–H groups in total. The Balaban J connectivity index is 1.84. The van der Waals surface area contributed by atoms with Crippen LogP contribution in [-0.2, 0) is 11.2 Å². The second-order valence-corrected chi connectivity index (χ2v) is 5.82. The van der Waals surface area contributed by atoms with Crippen molar-refractivity contribution in [2.75, 3.05) is 39.3 Å². The molecule has 6 nitrogen and oxygen atoms in total. The zero-order valence-corrected chi connectivity index (χ0v) is 15.5. The Morgan fingerprint density at radius 1 is 1.04 bits per heavy atom. The van der Waals surface area contributed by atoms with E-state index in [2.05, 4.69) is 10.6 Å². The van der Waals surface area contributed by atoms with Gasteiger partial charge in [-0.05, 0) is 48.7 Å². The fraction of sp³-hybridized carbons (Fsp3) is 0.350. The minimum Gasteiger partial charge on any atom is -0.497 e. The lowest BCUT2D eigenvalue weighted by Gasteiger charge is -2.14. The summed E-state index contributed by atoms with van der Waals surface area (Å²) in [5, 5.41) is 5.69. The maximum absolute atomic E-state index is 12.1. The summed E-state index contributed by atoms with van der Waals surface area (Å²) in [7, 11) is 3.26. The summed E-state index contributed by atoms with van der Waals surface area (Å²) in [4.78, 5) is 12.1. The maximum atomic E-state index is 12.1. The fourth-order valence-electron chi connectivity index (χ4n) is 2.37. The Morgan fingerprint density at radius 2 is 1.81 bits per heavy atom. The SMILES string of the molecule is COCCOc1cc(C)ccc1NC(=O)NCCc1ccc(OC)cc1. The fourth-order valence-corrected chi connectivity index (χ4v) is 2.37. The van der Waals surface area contributed by atoms with Crippen LogP contribution in [0.4, 0.5) is 10.5 Å². The Hall–Kier alpha value is -2.73. The summed E-state index contributed by atoms with van der Waals surface area (Å²) in [5.74, 6) is 1.45. The Morgan fingerprint density at radius 3 is 2.50 bits per heavy atom. The highest BCUT2D eigenvalue weighted by atomic mass is 16.5. The molecule has 0 bridgehead atoms. The molecule has 0 aliphatic carbocycles. The molecule has 0 unspecified atom stereocenters. The molecule has 0 heterocycles. The van der Waals surface area contributed by atoms with E-state index >= 15 is 0 Å². The molecule has 2 aromatic carbocycles. The second kappa shape index (κ2) is 10.3. The first-order chi connectivity index (χ1) is 12.6. The largest absolute Gasteiger partial charge is 0.497 e. The van der Waals surface area contributed by atoms with E-state index in [1.54, 1.807) is 14.2 Å². The van der Waals surface area contributed by atoms with E-state index in [-0.39, 0.29) is 6.03 Å². The number of anilines is 1. The van der Waals surface area contributed by atoms with Crippen LogP contribution in [0.15, 0.2) is 42.5 Å². The lowest BCUT2D eigenvalue weighted by Crippen LogP contribution is -2.30. The summed E-state index contributed by atoms with van der Waals surface area (Å²) >= 11 is 0. The van der Waals surface area contributed by atoms with Crippen molar-refractivity contribution in [3.63, 3.8) is 0 Å². The number of ether oxygens (including phenoxy) is 3. The lowest BCUT2D eigenvalue weighted by atomic mass is 10.1. The van der Waals surface area contributed by atoms with Crippen LogP contribution in [0.2, 0.25) is 0 Å². The molecule has 2 rings (SSSR count). The zero-order chi connectivity index (χ0) is 18.8. The molecular formula is C20H26N2O4. The number of amides is 2. The van der Waals surface area contributed by atoms with Crippen molar-refractivity contribution in [1.82, 2.24) is 5.32 Å². The van der Waals surface area contributed by atoms with Gasteiger partial charge in [0, 0.05) is 13.7 Å². The summed E-state index contributed by atoms with van der Waals surface area (Å²) in [5.41, 5.74) is 2.82. The topological polar surface area (TPSA) is 68.8 Å². The highest BCUT2D eigenvalue weighted by molar-refractivity contribution is 5.90. The van der Waals surface area contributed by atoms with E-state index < -0.39 is 0 Å². The van der Waals surface area contributed by atoms with Crippen LogP contribution in [0.3, 0.4) is 0 Å². The van der Waals surface area contributed by atoms with Crippen molar-refractivity contribution in [3.05, 3.63) is 53.6 Å². The molecular weight excluding hydrogens is 332 g/mol. The molecule has 26 heavy (non-hydrogen) atoms. The van der Waals surface area contributed by atoms with Crippen molar-refractivity contribution in [3.8, 4) is 11.5 Å². The highest BCUT2D eigenvalue weighted by Gasteiger charge is 2.08. The van der Waals surface area contributed by atoms with E-state index in [4.69, 9.17) is 14.2 Å². The van der Waals surface area contributed by atoms with Crippen molar-refractivity contribution in [1.29, 1.82) is 0 Å². The predicted octanol–water partition coefficient (Wildman–Crippen LogP) is 3.39. The van der Waals surface area contributed by atoms with E-state index in [0.29, 0.717) is 31.2 Å². The predicted molar refractivity (Wildman–Crippen MR) is 102 cm³/mol. The van der Waals surface area contributed by atoms with Gasteiger partial charge in [-0.15, -0.1) is 0 Å². The number of carbonyl (C=O) groups excluding carboxylic acids is 1. The van der Waals surface area contributed by atoms with Gasteiger partial charge in [-0.3, -0.25) is 0 Å². The van der Waals surface area contributed by atoms with Gasteiger partial charge in [0.15, 0.2) is 0 Å². The zero-order valence-electron chi connectivity index (χ0n) is 15.5. The average molecular weight is 358 g/mol. The third-order valence-corrected chi connectivity index (χ3v) is 3.79. The molecule has 0 fully saturated rings. The van der Waals surface area contributed by atoms with Gasteiger partial charge in [-0.25, -0.2) is 4.79 Å². The molecule has 0 spiro atoms. The number of urea groups is 1. The van der Waals surface area contributed by atoms with E-state index in [1.807, 2.05) is 49.4 Å². The van der Waals surface area contributed by atoms with Gasteiger partial charge >= 0.3 is 6.03 Å². The molecule has 0 aliphatic rings. The summed E-state index contributed by atoms with van der Waals surface area (Å²) in [6.07, 6.45) is 0.739. The van der Waals surface area contributed by atoms with Crippen molar-refractivity contribution in [2.45, 2.75) is 13.3 Å². The normalized spacial score (nSPS) is 10.3. The first kappa shape index (κ1) is 19.6. The van der Waals surface area contributed by atoms with Crippen LogP contribution in [-0.4, -0.2) is 40.0 Å². The number of rotatable bonds is 9. The average Bonchev–Trinajstić information content (AvgIpc) is 2.64. The Kier molecular flexibility index (Phi) is 7.76. The molecule has 0 saturated carbocycles. The highest BCUT2D eigenvalue weighted by Crippen LogP contribution is 2.25. The second-order valence-electron chi connectivity index (χ2n) is 5.82. The third-order valence-electron chi connectivity index (χ3n) is 3.79. The van der Waals surface area contributed by atoms with Crippen molar-refractivity contribution >= 4 is 11.7 Å². The van der Waals surface area contributed by atoms with Gasteiger partial charge in [-0.2, -0.15) is 0 Å². The minimum atomic E-state index is -0.265. The first-order valence-electron chi connectivity index (χ1n) is 8.52. The molecule has 6 heteroatoms. The van der Waals surface area contributed by atoms with Crippen LogP contribution in [0.25, 0.3) is 0 Å². The third kappa shape index (κ3) is 6.29. The molecule has 2 aromatic rings. The monoisotopic (exact) mass is 358 g/mol. The minimum absolute atomic E-state index is 0.265. The van der Waals surface area contributed by atoms with Gasteiger partial charge in [0.05, 0.1) is 19.4 Å². The standard InChI is InChI=1S/C20H26N2O4/c1-15-4-9-18(19(14-15)26-13-12-24-2)22-20(23)21-11-10-16-5-7-17(25-3)8-6-16/h4-9,14H,10-13H2,1-3H3,(H2,21,22,23). The van der Waals surface area contributed by atoms with Crippen molar-refractivity contribution in [2.24, 2.45) is 0 Å². The molecule has 140 valence electrons. The molecule has 0 radical (unpaired) electrons. The van der Waals surface area contributed by atoms with Crippen LogP contribution in [0, 0.1) is 6.92 Å². The number of benzene rings is 2. The lowest BCUT2D eigenvalue weighted by molar-refractivity contribution is 0.146. The smallest absolute Gasteiger partial charge is 0.319 e. The van der Waals surface area contributed by atoms with Crippen LogP contribution >= 0.6 is 0 Å². The molecule has 0 aromatic heterocycles. The van der Waals surface area contributed by atoms with Crippen molar-refractivity contribution < 1.29 is 19.0 Å². The maximum Gasteiger partial charge on any atom is 0.319 e. The van der Waals surface area contributed by atoms with E-state index in [1.165, 1.54) is 0 Å². The van der Waals surface area contributed by atoms with Crippen LogP contribution < -0.4 is 20.1 Å². The quantitative estimate of drug-likeness (QED) is 0.674. The number of nitrogens with one attached hydrogen (secondary N) is 2. The molecule has 2 amide bonds. The van der Waals surface area contributed by atoms with E-state index in [0.717, 1.165) is 23.3 Å². The number of hydrogen-bond donors (Lipinski definition) is 2. The molecule has 0 saturated heterocycles. The first-order valence-corrected chi connectivity index (χ1v) is 8.52. The molecule has 0 atom stereocenters. The van der Waals surface area contributed by atoms with E-state index in [9.17, 15) is 4.79 Å². The van der Waals surface area contributed by atoms with Crippen LogP contribution in [0.1, 0.15) is 11.1 Å². The molecule has 0 aliphatic heterocycles. The number of methoxy groups -OCH3 is 2. The number of carbonyl (C=O) groups is 1. The van der Waals surface area contributed by atoms with Gasteiger partial charge < -0.3 is 24.8 Å². The number of aryl methyl sites for hydroxylation is 1. The summed E-state index contributed by atoms with van der Waals surface area (Å²) in [6, 6.07) is 13.2. The van der Waals surface area contributed by atoms with Crippen LogP contribution in [0.5, 0.6) is 11.5 Å².